The molecule has 2 heterocycles. The van der Waals surface area contributed by atoms with Gasteiger partial charge in [0.25, 0.3) is 0 Å². The van der Waals surface area contributed by atoms with Crippen molar-refractivity contribution < 1.29 is 27.0 Å². The van der Waals surface area contributed by atoms with Gasteiger partial charge in [-0.3, -0.25) is 4.79 Å². The van der Waals surface area contributed by atoms with E-state index in [1.54, 1.807) is 36.4 Å². The molecule has 0 amide bonds. The van der Waals surface area contributed by atoms with Crippen molar-refractivity contribution in [1.29, 1.82) is 0 Å². The van der Waals surface area contributed by atoms with E-state index >= 15 is 0 Å². The number of benzene rings is 2. The molecule has 0 aliphatic heterocycles. The monoisotopic (exact) mass is 410 g/mol. The number of hydrogen-bond acceptors (Lipinski definition) is 5. The number of carbonyl (C=O) groups is 1. The molecule has 5 nitrogen and oxygen atoms in total. The van der Waals surface area contributed by atoms with Gasteiger partial charge in [0.1, 0.15) is 23.2 Å². The molecule has 2 aromatic carbocycles. The number of aldehydes is 1. The van der Waals surface area contributed by atoms with E-state index in [4.69, 9.17) is 9.05 Å². The lowest BCUT2D eigenvalue weighted by molar-refractivity contribution is -0.136. The first-order valence-corrected chi connectivity index (χ1v) is 9.17. The van der Waals surface area contributed by atoms with Gasteiger partial charge < -0.3 is 9.05 Å². The van der Waals surface area contributed by atoms with Crippen molar-refractivity contribution in [3.63, 3.8) is 0 Å². The summed E-state index contributed by atoms with van der Waals surface area (Å²) >= 11 is 0. The number of fused-ring (bicyclic) bond motifs is 3. The summed E-state index contributed by atoms with van der Waals surface area (Å²) in [6, 6.07) is 13.2. The molecule has 8 heteroatoms. The zero-order valence-electron chi connectivity index (χ0n) is 15.4. The highest BCUT2D eigenvalue weighted by Gasteiger charge is 2.43. The molecule has 0 bridgehead atoms. The molecule has 2 aromatic heterocycles. The summed E-state index contributed by atoms with van der Waals surface area (Å²) in [6.07, 6.45) is -3.01. The van der Waals surface area contributed by atoms with Crippen molar-refractivity contribution in [2.75, 3.05) is 0 Å². The summed E-state index contributed by atoms with van der Waals surface area (Å²) in [5.41, 5.74) is 2.14. The predicted molar refractivity (Wildman–Crippen MR) is 101 cm³/mol. The molecule has 0 N–H and O–H groups in total. The summed E-state index contributed by atoms with van der Waals surface area (Å²) in [5, 5.41) is 7.72. The molecule has 1 aliphatic rings. The van der Waals surface area contributed by atoms with Crippen molar-refractivity contribution in [3.05, 3.63) is 70.8 Å². The van der Waals surface area contributed by atoms with E-state index in [0.29, 0.717) is 35.2 Å². The Hall–Kier alpha value is -3.68. The van der Waals surface area contributed by atoms with Crippen LogP contribution in [0.4, 0.5) is 13.2 Å². The van der Waals surface area contributed by atoms with Crippen molar-refractivity contribution in [2.45, 2.75) is 19.0 Å². The van der Waals surface area contributed by atoms with Gasteiger partial charge in [-0.1, -0.05) is 52.8 Å². The normalized spacial score (nSPS) is 13.0. The lowest BCUT2D eigenvalue weighted by Crippen LogP contribution is -2.08. The maximum Gasteiger partial charge on any atom is 0.422 e. The van der Waals surface area contributed by atoms with Crippen LogP contribution in [0.2, 0.25) is 0 Å². The van der Waals surface area contributed by atoms with Crippen LogP contribution in [0, 0.1) is 0 Å². The zero-order valence-corrected chi connectivity index (χ0v) is 15.4. The van der Waals surface area contributed by atoms with Crippen molar-refractivity contribution in [3.8, 4) is 34.0 Å². The van der Waals surface area contributed by atoms with E-state index in [0.717, 1.165) is 17.4 Å². The highest BCUT2D eigenvalue weighted by molar-refractivity contribution is 5.82. The lowest BCUT2D eigenvalue weighted by atomic mass is 9.87. The number of aromatic nitrogens is 2. The van der Waals surface area contributed by atoms with Gasteiger partial charge in [-0.15, -0.1) is 0 Å². The summed E-state index contributed by atoms with van der Waals surface area (Å²) < 4.78 is 52.4. The fourth-order valence-electron chi connectivity index (χ4n) is 3.82. The van der Waals surface area contributed by atoms with Crippen molar-refractivity contribution in [2.24, 2.45) is 0 Å². The van der Waals surface area contributed by atoms with E-state index in [1.807, 2.05) is 0 Å². The van der Waals surface area contributed by atoms with Gasteiger partial charge in [-0.2, -0.15) is 13.2 Å². The maximum atomic E-state index is 14.0. The second-order valence-electron chi connectivity index (χ2n) is 6.97. The summed E-state index contributed by atoms with van der Waals surface area (Å²) in [5.74, 6) is -0.555. The molecule has 0 spiro atoms. The number of hydrogen-bond donors (Lipinski definition) is 0. The number of halogens is 3. The third-order valence-electron chi connectivity index (χ3n) is 5.18. The SMILES string of the molecule is O=Cc1ccc2c(c1)CCc1c-2noc1-c1onc(-c2ccccc2)c1C(F)(F)F. The van der Waals surface area contributed by atoms with Gasteiger partial charge in [0.2, 0.25) is 11.5 Å². The summed E-state index contributed by atoms with van der Waals surface area (Å²) in [4.78, 5) is 11.0. The lowest BCUT2D eigenvalue weighted by Gasteiger charge is -2.15. The topological polar surface area (TPSA) is 69.1 Å². The molecule has 1 aliphatic carbocycles. The molecule has 0 saturated carbocycles. The smallest absolute Gasteiger partial charge is 0.352 e. The molecule has 150 valence electrons. The minimum absolute atomic E-state index is 0.0721. The Morgan fingerprint density at radius 3 is 2.37 bits per heavy atom. The Morgan fingerprint density at radius 2 is 1.63 bits per heavy atom. The molecule has 4 aromatic rings. The molecule has 0 radical (unpaired) electrons. The quantitative estimate of drug-likeness (QED) is 0.412. The zero-order chi connectivity index (χ0) is 20.9. The standard InChI is InChI=1S/C22H13F3N2O3/c23-22(24,25)17-18(13-4-2-1-3-5-13)26-30-21(17)20-16-9-7-14-10-12(11-28)6-8-15(14)19(16)27-29-20/h1-6,8,10-11H,7,9H2. The predicted octanol–water partition coefficient (Wildman–Crippen LogP) is 5.59. The maximum absolute atomic E-state index is 14.0. The number of aryl methyl sites for hydroxylation is 1. The van der Waals surface area contributed by atoms with Gasteiger partial charge in [0.05, 0.1) is 0 Å². The van der Waals surface area contributed by atoms with Crippen LogP contribution in [-0.2, 0) is 19.0 Å². The minimum atomic E-state index is -4.70. The third kappa shape index (κ3) is 2.83. The average Bonchev–Trinajstić information content (AvgIpc) is 3.38. The first-order valence-electron chi connectivity index (χ1n) is 9.17. The number of rotatable bonds is 3. The second-order valence-corrected chi connectivity index (χ2v) is 6.97. The molecular weight excluding hydrogens is 397 g/mol. The molecule has 5 rings (SSSR count). The average molecular weight is 410 g/mol. The molecular formula is C22H13F3N2O3. The molecule has 30 heavy (non-hydrogen) atoms. The molecule has 0 fully saturated rings. The van der Waals surface area contributed by atoms with Gasteiger partial charge in [-0.25, -0.2) is 0 Å². The molecule has 0 unspecified atom stereocenters. The van der Waals surface area contributed by atoms with Gasteiger partial charge in [0, 0.05) is 22.3 Å². The van der Waals surface area contributed by atoms with Crippen LogP contribution in [0.25, 0.3) is 34.0 Å². The van der Waals surface area contributed by atoms with Gasteiger partial charge >= 0.3 is 6.18 Å². The molecule has 0 atom stereocenters. The van der Waals surface area contributed by atoms with Crippen LogP contribution in [0.15, 0.2) is 57.6 Å². The highest BCUT2D eigenvalue weighted by Crippen LogP contribution is 2.46. The van der Waals surface area contributed by atoms with Crippen LogP contribution in [0.5, 0.6) is 0 Å². The second kappa shape index (κ2) is 6.69. The fraction of sp³-hybridized carbons (Fsp3) is 0.136. The Balaban J connectivity index is 1.68. The Labute approximate surface area is 168 Å². The summed E-state index contributed by atoms with van der Waals surface area (Å²) in [6.45, 7) is 0. The van der Waals surface area contributed by atoms with Crippen LogP contribution < -0.4 is 0 Å². The minimum Gasteiger partial charge on any atom is -0.352 e. The third-order valence-corrected chi connectivity index (χ3v) is 5.18. The largest absolute Gasteiger partial charge is 0.422 e. The van der Waals surface area contributed by atoms with E-state index in [9.17, 15) is 18.0 Å². The van der Waals surface area contributed by atoms with Crippen LogP contribution in [0.1, 0.15) is 27.0 Å². The number of nitrogens with zero attached hydrogens (tertiary/aromatic N) is 2. The van der Waals surface area contributed by atoms with Crippen LogP contribution >= 0.6 is 0 Å². The fourth-order valence-corrected chi connectivity index (χ4v) is 3.82. The first kappa shape index (κ1) is 18.4. The summed E-state index contributed by atoms with van der Waals surface area (Å²) in [7, 11) is 0. The Bertz CT molecular complexity index is 1260. The van der Waals surface area contributed by atoms with E-state index < -0.39 is 17.5 Å². The van der Waals surface area contributed by atoms with E-state index in [2.05, 4.69) is 10.3 Å². The van der Waals surface area contributed by atoms with Gasteiger partial charge in [0.15, 0.2) is 0 Å². The highest BCUT2D eigenvalue weighted by atomic mass is 19.4. The Morgan fingerprint density at radius 1 is 0.900 bits per heavy atom. The van der Waals surface area contributed by atoms with Crippen LogP contribution in [0.3, 0.4) is 0 Å². The van der Waals surface area contributed by atoms with E-state index in [1.165, 1.54) is 12.1 Å². The number of carbonyl (C=O) groups excluding carboxylic acids is 1. The van der Waals surface area contributed by atoms with Gasteiger partial charge in [-0.05, 0) is 24.5 Å². The van der Waals surface area contributed by atoms with E-state index in [-0.39, 0.29) is 11.5 Å². The van der Waals surface area contributed by atoms with Crippen molar-refractivity contribution >= 4 is 6.29 Å². The Kier molecular flexibility index (Phi) is 4.09. The number of alkyl halides is 3. The van der Waals surface area contributed by atoms with Crippen molar-refractivity contribution in [1.82, 2.24) is 10.3 Å². The first-order chi connectivity index (χ1) is 14.5. The molecule has 0 saturated heterocycles. The van der Waals surface area contributed by atoms with Crippen LogP contribution in [-0.4, -0.2) is 16.6 Å².